The van der Waals surface area contributed by atoms with Crippen molar-refractivity contribution >= 4 is 17.9 Å². The molecule has 0 spiro atoms. The second-order valence-corrected chi connectivity index (χ2v) is 4.07. The molecule has 0 bridgehead atoms. The standard InChI is InChI=1S/C10H17N3O4/c1-13(5-4-9(15)16)10(17)11-6-8(14)12-7-2-3-7/h7H,2-6H2,1H3,(H,11,17)(H,12,14)(H,15,16). The molecule has 0 atom stereocenters. The number of urea groups is 1. The molecule has 1 aliphatic rings. The molecule has 0 aromatic heterocycles. The average Bonchev–Trinajstić information content (AvgIpc) is 3.06. The molecule has 17 heavy (non-hydrogen) atoms. The van der Waals surface area contributed by atoms with Gasteiger partial charge in [-0.15, -0.1) is 0 Å². The number of carbonyl (C=O) groups is 3. The zero-order chi connectivity index (χ0) is 12.8. The maximum atomic E-state index is 11.4. The van der Waals surface area contributed by atoms with E-state index in [0.29, 0.717) is 0 Å². The molecule has 3 amide bonds. The molecule has 0 aromatic rings. The lowest BCUT2D eigenvalue weighted by molar-refractivity contribution is -0.137. The summed E-state index contributed by atoms with van der Waals surface area (Å²) >= 11 is 0. The van der Waals surface area contributed by atoms with E-state index in [-0.39, 0.29) is 31.5 Å². The third-order valence-corrected chi connectivity index (χ3v) is 2.35. The quantitative estimate of drug-likeness (QED) is 0.579. The van der Waals surface area contributed by atoms with E-state index in [4.69, 9.17) is 5.11 Å². The highest BCUT2D eigenvalue weighted by molar-refractivity contribution is 5.84. The van der Waals surface area contributed by atoms with Crippen molar-refractivity contribution < 1.29 is 19.5 Å². The lowest BCUT2D eigenvalue weighted by Gasteiger charge is -2.16. The Morgan fingerprint density at radius 2 is 2.00 bits per heavy atom. The molecule has 7 heteroatoms. The van der Waals surface area contributed by atoms with Crippen molar-refractivity contribution in [3.05, 3.63) is 0 Å². The number of nitrogens with one attached hydrogen (secondary N) is 2. The average molecular weight is 243 g/mol. The van der Waals surface area contributed by atoms with Crippen molar-refractivity contribution in [1.29, 1.82) is 0 Å². The largest absolute Gasteiger partial charge is 0.481 e. The fraction of sp³-hybridized carbons (Fsp3) is 0.700. The summed E-state index contributed by atoms with van der Waals surface area (Å²) < 4.78 is 0. The molecule has 1 rings (SSSR count). The summed E-state index contributed by atoms with van der Waals surface area (Å²) in [6, 6.07) is -0.179. The number of carboxylic acids is 1. The minimum absolute atomic E-state index is 0.0766. The van der Waals surface area contributed by atoms with Crippen LogP contribution in [-0.4, -0.2) is 54.1 Å². The first kappa shape index (κ1) is 13.3. The van der Waals surface area contributed by atoms with Crippen molar-refractivity contribution in [3.63, 3.8) is 0 Å². The minimum Gasteiger partial charge on any atom is -0.481 e. The van der Waals surface area contributed by atoms with Crippen LogP contribution in [0.4, 0.5) is 4.79 Å². The fourth-order valence-corrected chi connectivity index (χ4v) is 1.16. The molecule has 3 N–H and O–H groups in total. The van der Waals surface area contributed by atoms with Crippen LogP contribution < -0.4 is 10.6 Å². The molecule has 7 nitrogen and oxygen atoms in total. The summed E-state index contributed by atoms with van der Waals surface area (Å²) in [5, 5.41) is 13.6. The van der Waals surface area contributed by atoms with Crippen LogP contribution in [0.15, 0.2) is 0 Å². The van der Waals surface area contributed by atoms with Crippen molar-refractivity contribution in [2.45, 2.75) is 25.3 Å². The number of nitrogens with zero attached hydrogens (tertiary/aromatic N) is 1. The number of rotatable bonds is 6. The van der Waals surface area contributed by atoms with Crippen molar-refractivity contribution in [2.24, 2.45) is 0 Å². The van der Waals surface area contributed by atoms with Gasteiger partial charge in [0, 0.05) is 19.6 Å². The van der Waals surface area contributed by atoms with Gasteiger partial charge < -0.3 is 20.6 Å². The van der Waals surface area contributed by atoms with E-state index in [9.17, 15) is 14.4 Å². The second kappa shape index (κ2) is 6.07. The molecule has 0 radical (unpaired) electrons. The highest BCUT2D eigenvalue weighted by Gasteiger charge is 2.23. The Balaban J connectivity index is 2.13. The van der Waals surface area contributed by atoms with Gasteiger partial charge in [0.15, 0.2) is 0 Å². The fourth-order valence-electron chi connectivity index (χ4n) is 1.16. The van der Waals surface area contributed by atoms with Crippen molar-refractivity contribution in [1.82, 2.24) is 15.5 Å². The zero-order valence-electron chi connectivity index (χ0n) is 9.73. The van der Waals surface area contributed by atoms with E-state index in [0.717, 1.165) is 12.8 Å². The molecule has 1 saturated carbocycles. The smallest absolute Gasteiger partial charge is 0.317 e. The number of amides is 3. The molecule has 0 unspecified atom stereocenters. The van der Waals surface area contributed by atoms with Crippen LogP contribution in [0.2, 0.25) is 0 Å². The van der Waals surface area contributed by atoms with Gasteiger partial charge in [-0.05, 0) is 12.8 Å². The number of carboxylic acid groups (broad SMARTS) is 1. The molecule has 0 aromatic carbocycles. The summed E-state index contributed by atoms with van der Waals surface area (Å²) in [6.07, 6.45) is 1.88. The van der Waals surface area contributed by atoms with E-state index < -0.39 is 12.0 Å². The van der Waals surface area contributed by atoms with Gasteiger partial charge in [0.2, 0.25) is 5.91 Å². The first-order valence-corrected chi connectivity index (χ1v) is 5.49. The van der Waals surface area contributed by atoms with Gasteiger partial charge >= 0.3 is 12.0 Å². The molecule has 1 aliphatic carbocycles. The summed E-state index contributed by atoms with van der Waals surface area (Å²) in [6.45, 7) is 0.0398. The monoisotopic (exact) mass is 243 g/mol. The van der Waals surface area contributed by atoms with Crippen molar-refractivity contribution in [3.8, 4) is 0 Å². The van der Waals surface area contributed by atoms with Gasteiger partial charge in [0.25, 0.3) is 0 Å². The van der Waals surface area contributed by atoms with Gasteiger partial charge in [-0.3, -0.25) is 9.59 Å². The van der Waals surface area contributed by atoms with Crippen LogP contribution in [0.25, 0.3) is 0 Å². The van der Waals surface area contributed by atoms with E-state index in [2.05, 4.69) is 10.6 Å². The third-order valence-electron chi connectivity index (χ3n) is 2.35. The minimum atomic E-state index is -0.962. The Labute approximate surface area is 99.2 Å². The number of hydrogen-bond donors (Lipinski definition) is 3. The van der Waals surface area contributed by atoms with E-state index in [1.807, 2.05) is 0 Å². The van der Waals surface area contributed by atoms with E-state index >= 15 is 0 Å². The number of hydrogen-bond acceptors (Lipinski definition) is 3. The molecule has 1 fully saturated rings. The summed E-state index contributed by atoms with van der Waals surface area (Å²) in [4.78, 5) is 34.2. The van der Waals surface area contributed by atoms with Gasteiger partial charge in [0.1, 0.15) is 0 Å². The Bertz CT molecular complexity index is 315. The summed E-state index contributed by atoms with van der Waals surface area (Å²) in [5.41, 5.74) is 0. The first-order valence-electron chi connectivity index (χ1n) is 5.49. The highest BCUT2D eigenvalue weighted by Crippen LogP contribution is 2.18. The van der Waals surface area contributed by atoms with Crippen LogP contribution in [0.5, 0.6) is 0 Å². The molecule has 0 heterocycles. The van der Waals surface area contributed by atoms with E-state index in [1.165, 1.54) is 11.9 Å². The molecular weight excluding hydrogens is 226 g/mol. The number of carbonyl (C=O) groups excluding carboxylic acids is 2. The Hall–Kier alpha value is -1.79. The Kier molecular flexibility index (Phi) is 4.74. The Morgan fingerprint density at radius 3 is 2.53 bits per heavy atom. The number of aliphatic carboxylic acids is 1. The van der Waals surface area contributed by atoms with Crippen molar-refractivity contribution in [2.75, 3.05) is 20.1 Å². The lowest BCUT2D eigenvalue weighted by Crippen LogP contribution is -2.43. The normalized spacial score (nSPS) is 13.9. The Morgan fingerprint density at radius 1 is 1.35 bits per heavy atom. The van der Waals surface area contributed by atoms with Crippen LogP contribution in [-0.2, 0) is 9.59 Å². The molecule has 0 saturated heterocycles. The maximum Gasteiger partial charge on any atom is 0.317 e. The van der Waals surface area contributed by atoms with Crippen LogP contribution in [0.3, 0.4) is 0 Å². The molecule has 0 aliphatic heterocycles. The molecule has 96 valence electrons. The maximum absolute atomic E-state index is 11.4. The highest BCUT2D eigenvalue weighted by atomic mass is 16.4. The SMILES string of the molecule is CN(CCC(=O)O)C(=O)NCC(=O)NC1CC1. The zero-order valence-corrected chi connectivity index (χ0v) is 9.73. The van der Waals surface area contributed by atoms with E-state index in [1.54, 1.807) is 0 Å². The second-order valence-electron chi connectivity index (χ2n) is 4.07. The predicted molar refractivity (Wildman–Crippen MR) is 59.4 cm³/mol. The third kappa shape index (κ3) is 5.74. The first-order chi connectivity index (χ1) is 7.99. The van der Waals surface area contributed by atoms with Crippen LogP contribution >= 0.6 is 0 Å². The summed E-state index contributed by atoms with van der Waals surface area (Å²) in [7, 11) is 1.48. The predicted octanol–water partition coefficient (Wildman–Crippen LogP) is -0.619. The topological polar surface area (TPSA) is 98.7 Å². The van der Waals surface area contributed by atoms with Gasteiger partial charge in [-0.2, -0.15) is 0 Å². The van der Waals surface area contributed by atoms with Gasteiger partial charge in [0.05, 0.1) is 13.0 Å². The van der Waals surface area contributed by atoms with Gasteiger partial charge in [-0.25, -0.2) is 4.79 Å². The van der Waals surface area contributed by atoms with Crippen LogP contribution in [0, 0.1) is 0 Å². The molecular formula is C10H17N3O4. The summed E-state index contributed by atoms with van der Waals surface area (Å²) in [5.74, 6) is -1.18. The lowest BCUT2D eigenvalue weighted by atomic mass is 10.4. The van der Waals surface area contributed by atoms with Crippen LogP contribution in [0.1, 0.15) is 19.3 Å². The van der Waals surface area contributed by atoms with Gasteiger partial charge in [-0.1, -0.05) is 0 Å².